The van der Waals surface area contributed by atoms with Crippen LogP contribution in [0.1, 0.15) is 25.7 Å². The van der Waals surface area contributed by atoms with Crippen molar-refractivity contribution in [1.82, 2.24) is 4.98 Å². The number of hydrogen-bond acceptors (Lipinski definition) is 7. The van der Waals surface area contributed by atoms with Crippen molar-refractivity contribution < 1.29 is 24.2 Å². The molecule has 10 heteroatoms. The highest BCUT2D eigenvalue weighted by Crippen LogP contribution is 2.37. The molecule has 0 radical (unpaired) electrons. The van der Waals surface area contributed by atoms with Crippen molar-refractivity contribution in [2.75, 3.05) is 29.3 Å². The van der Waals surface area contributed by atoms with Gasteiger partial charge in [-0.05, 0) is 30.9 Å². The molecule has 1 aromatic heterocycles. The van der Waals surface area contributed by atoms with Crippen LogP contribution >= 0.6 is 23.1 Å². The summed E-state index contributed by atoms with van der Waals surface area (Å²) in [5, 5.41) is 12.1. The number of carboxylic acid groups (broad SMARTS) is 1. The van der Waals surface area contributed by atoms with Crippen LogP contribution in [0.25, 0.3) is 0 Å². The number of amides is 2. The van der Waals surface area contributed by atoms with Crippen LogP contribution in [0, 0.1) is 5.92 Å². The molecule has 1 saturated carbocycles. The van der Waals surface area contributed by atoms with E-state index in [2.05, 4.69) is 10.3 Å². The molecule has 2 aliphatic rings. The standard InChI is InChI=1S/C19H21N3O5S2/c23-16(24)10-28-17-8-20-18(29-17)21-19(25)22(9-12-3-1-2-4-12)13-5-6-14-15(7-13)27-11-26-14/h5-8,12H,1-4,9-11H2,(H,23,24)(H,20,21,25). The summed E-state index contributed by atoms with van der Waals surface area (Å²) in [5.74, 6) is 0.840. The van der Waals surface area contributed by atoms with Gasteiger partial charge in [-0.25, -0.2) is 9.78 Å². The Hall–Kier alpha value is -2.46. The number of carbonyl (C=O) groups is 2. The van der Waals surface area contributed by atoms with E-state index in [1.807, 2.05) is 18.2 Å². The van der Waals surface area contributed by atoms with E-state index in [1.54, 1.807) is 11.1 Å². The van der Waals surface area contributed by atoms with E-state index < -0.39 is 5.97 Å². The second-order valence-electron chi connectivity index (χ2n) is 6.90. The summed E-state index contributed by atoms with van der Waals surface area (Å²) >= 11 is 2.45. The predicted molar refractivity (Wildman–Crippen MR) is 111 cm³/mol. The zero-order chi connectivity index (χ0) is 20.2. The lowest BCUT2D eigenvalue weighted by Gasteiger charge is -2.26. The maximum atomic E-state index is 13.1. The highest BCUT2D eigenvalue weighted by atomic mass is 32.2. The minimum Gasteiger partial charge on any atom is -0.481 e. The first-order valence-corrected chi connectivity index (χ1v) is 11.2. The molecule has 2 N–H and O–H groups in total. The van der Waals surface area contributed by atoms with Gasteiger partial charge in [-0.2, -0.15) is 0 Å². The van der Waals surface area contributed by atoms with Gasteiger partial charge in [-0.1, -0.05) is 24.2 Å². The number of nitrogens with one attached hydrogen (secondary N) is 1. The van der Waals surface area contributed by atoms with Crippen molar-refractivity contribution in [3.8, 4) is 11.5 Å². The predicted octanol–water partition coefficient (Wildman–Crippen LogP) is 4.28. The van der Waals surface area contributed by atoms with Crippen molar-refractivity contribution in [2.45, 2.75) is 29.9 Å². The van der Waals surface area contributed by atoms with E-state index >= 15 is 0 Å². The van der Waals surface area contributed by atoms with Gasteiger partial charge in [0.1, 0.15) is 0 Å². The van der Waals surface area contributed by atoms with Crippen molar-refractivity contribution in [3.05, 3.63) is 24.4 Å². The minimum atomic E-state index is -0.889. The third kappa shape index (κ3) is 4.94. The number of hydrogen-bond donors (Lipinski definition) is 2. The van der Waals surface area contributed by atoms with Crippen LogP contribution in [0.2, 0.25) is 0 Å². The Bertz CT molecular complexity index is 898. The second kappa shape index (κ2) is 8.91. The second-order valence-corrected chi connectivity index (χ2v) is 9.20. The molecule has 4 rings (SSSR count). The van der Waals surface area contributed by atoms with Crippen LogP contribution in [-0.2, 0) is 4.79 Å². The zero-order valence-electron chi connectivity index (χ0n) is 15.6. The Morgan fingerprint density at radius 3 is 2.86 bits per heavy atom. The highest BCUT2D eigenvalue weighted by Gasteiger charge is 2.26. The zero-order valence-corrected chi connectivity index (χ0v) is 17.3. The average Bonchev–Trinajstić information content (AvgIpc) is 3.45. The smallest absolute Gasteiger partial charge is 0.328 e. The molecule has 0 atom stereocenters. The Kier molecular flexibility index (Phi) is 6.10. The number of urea groups is 1. The topological polar surface area (TPSA) is 101 Å². The molecule has 0 saturated heterocycles. The molecule has 1 aromatic carbocycles. The normalized spacial score (nSPS) is 15.4. The number of thiazole rings is 1. The molecule has 1 aliphatic carbocycles. The lowest BCUT2D eigenvalue weighted by molar-refractivity contribution is -0.133. The summed E-state index contributed by atoms with van der Waals surface area (Å²) in [6, 6.07) is 5.24. The fourth-order valence-electron chi connectivity index (χ4n) is 3.49. The van der Waals surface area contributed by atoms with Gasteiger partial charge < -0.3 is 14.6 Å². The van der Waals surface area contributed by atoms with Gasteiger partial charge in [0.2, 0.25) is 6.79 Å². The van der Waals surface area contributed by atoms with Crippen molar-refractivity contribution >= 4 is 45.9 Å². The van der Waals surface area contributed by atoms with Crippen LogP contribution < -0.4 is 19.7 Å². The molecular formula is C19H21N3O5S2. The number of nitrogens with zero attached hydrogens (tertiary/aromatic N) is 2. The summed E-state index contributed by atoms with van der Waals surface area (Å²) in [7, 11) is 0. The SMILES string of the molecule is O=C(O)CSc1cnc(NC(=O)N(CC2CCCC2)c2ccc3c(c2)OCO3)s1. The quantitative estimate of drug-likeness (QED) is 0.626. The van der Waals surface area contributed by atoms with E-state index in [0.29, 0.717) is 29.1 Å². The summed E-state index contributed by atoms with van der Waals surface area (Å²) in [4.78, 5) is 29.7. The first-order chi connectivity index (χ1) is 14.1. The number of aromatic nitrogens is 1. The van der Waals surface area contributed by atoms with Crippen molar-refractivity contribution in [3.63, 3.8) is 0 Å². The third-order valence-electron chi connectivity index (χ3n) is 4.86. The molecule has 29 heavy (non-hydrogen) atoms. The first kappa shape index (κ1) is 19.8. The number of thioether (sulfide) groups is 1. The number of aliphatic carboxylic acids is 1. The van der Waals surface area contributed by atoms with Gasteiger partial charge in [0.15, 0.2) is 16.6 Å². The van der Waals surface area contributed by atoms with Crippen LogP contribution in [0.5, 0.6) is 11.5 Å². The molecular weight excluding hydrogens is 414 g/mol. The first-order valence-electron chi connectivity index (χ1n) is 9.37. The number of fused-ring (bicyclic) bond motifs is 1. The summed E-state index contributed by atoms with van der Waals surface area (Å²) in [6.45, 7) is 0.807. The van der Waals surface area contributed by atoms with Crippen LogP contribution in [0.15, 0.2) is 28.6 Å². The summed E-state index contributed by atoms with van der Waals surface area (Å²) in [6.07, 6.45) is 6.19. The Morgan fingerprint density at radius 2 is 2.07 bits per heavy atom. The maximum absolute atomic E-state index is 13.1. The molecule has 154 valence electrons. The average molecular weight is 436 g/mol. The maximum Gasteiger partial charge on any atom is 0.328 e. The van der Waals surface area contributed by atoms with Crippen LogP contribution in [0.4, 0.5) is 15.6 Å². The number of carbonyl (C=O) groups excluding carboxylic acids is 1. The highest BCUT2D eigenvalue weighted by molar-refractivity contribution is 8.01. The van der Waals surface area contributed by atoms with Gasteiger partial charge >= 0.3 is 12.0 Å². The van der Waals surface area contributed by atoms with E-state index in [1.165, 1.54) is 35.9 Å². The van der Waals surface area contributed by atoms with Gasteiger partial charge in [0.05, 0.1) is 16.2 Å². The van der Waals surface area contributed by atoms with E-state index in [9.17, 15) is 9.59 Å². The van der Waals surface area contributed by atoms with E-state index in [4.69, 9.17) is 14.6 Å². The molecule has 2 heterocycles. The van der Waals surface area contributed by atoms with Gasteiger partial charge in [0.25, 0.3) is 0 Å². The molecule has 8 nitrogen and oxygen atoms in total. The monoisotopic (exact) mass is 435 g/mol. The number of anilines is 2. The van der Waals surface area contributed by atoms with E-state index in [-0.39, 0.29) is 18.6 Å². The largest absolute Gasteiger partial charge is 0.481 e. The molecule has 1 fully saturated rings. The molecule has 0 unspecified atom stereocenters. The van der Waals surface area contributed by atoms with E-state index in [0.717, 1.165) is 22.7 Å². The summed E-state index contributed by atoms with van der Waals surface area (Å²) < 4.78 is 11.6. The third-order valence-corrected chi connectivity index (χ3v) is 6.96. The minimum absolute atomic E-state index is 0.0411. The Labute approximate surface area is 176 Å². The van der Waals surface area contributed by atoms with Crippen LogP contribution in [0.3, 0.4) is 0 Å². The summed E-state index contributed by atoms with van der Waals surface area (Å²) in [5.41, 5.74) is 0.746. The van der Waals surface area contributed by atoms with Gasteiger partial charge in [0, 0.05) is 18.3 Å². The molecule has 0 bridgehead atoms. The van der Waals surface area contributed by atoms with Gasteiger partial charge in [-0.3, -0.25) is 15.0 Å². The molecule has 2 amide bonds. The lowest BCUT2D eigenvalue weighted by atomic mass is 10.1. The fraction of sp³-hybridized carbons (Fsp3) is 0.421. The van der Waals surface area contributed by atoms with Gasteiger partial charge in [-0.15, -0.1) is 11.8 Å². The molecule has 1 aliphatic heterocycles. The number of benzene rings is 1. The van der Waals surface area contributed by atoms with Crippen LogP contribution in [-0.4, -0.2) is 41.2 Å². The fourth-order valence-corrected chi connectivity index (χ4v) is 5.07. The van der Waals surface area contributed by atoms with Crippen molar-refractivity contribution in [2.24, 2.45) is 5.92 Å². The lowest BCUT2D eigenvalue weighted by Crippen LogP contribution is -2.38. The molecule has 2 aromatic rings. The Morgan fingerprint density at radius 1 is 1.28 bits per heavy atom. The van der Waals surface area contributed by atoms with Crippen molar-refractivity contribution in [1.29, 1.82) is 0 Å². The number of carboxylic acids is 1. The number of rotatable bonds is 7. The molecule has 0 spiro atoms. The Balaban J connectivity index is 1.49. The number of ether oxygens (including phenoxy) is 2.